The molecule has 0 aliphatic heterocycles. The number of thiazole rings is 1. The van der Waals surface area contributed by atoms with Crippen molar-refractivity contribution in [2.45, 2.75) is 58.4 Å². The second-order valence-electron chi connectivity index (χ2n) is 7.57. The third-order valence-corrected chi connectivity index (χ3v) is 6.89. The molecule has 1 aliphatic rings. The van der Waals surface area contributed by atoms with Gasteiger partial charge in [-0.15, -0.1) is 11.3 Å². The molecule has 1 aromatic heterocycles. The van der Waals surface area contributed by atoms with Crippen LogP contribution in [-0.2, 0) is 24.1 Å². The molecule has 156 valence electrons. The minimum absolute atomic E-state index is 0.0263. The number of carbonyl (C=O) groups excluding carboxylic acids is 2. The Labute approximate surface area is 181 Å². The van der Waals surface area contributed by atoms with Crippen molar-refractivity contribution in [1.82, 2.24) is 15.6 Å². The lowest BCUT2D eigenvalue weighted by Crippen LogP contribution is -2.50. The summed E-state index contributed by atoms with van der Waals surface area (Å²) in [4.78, 5) is 31.5. The Morgan fingerprint density at radius 3 is 2.62 bits per heavy atom. The fourth-order valence-corrected chi connectivity index (χ4v) is 4.73. The maximum Gasteiger partial charge on any atom is 0.251 e. The Bertz CT molecular complexity index is 827. The highest BCUT2D eigenvalue weighted by Crippen LogP contribution is 2.26. The van der Waals surface area contributed by atoms with Crippen LogP contribution < -0.4 is 10.6 Å². The number of halogens is 1. The summed E-state index contributed by atoms with van der Waals surface area (Å²) in [6.45, 7) is 4.51. The molecule has 0 fully saturated rings. The van der Waals surface area contributed by atoms with Crippen molar-refractivity contribution < 1.29 is 9.59 Å². The van der Waals surface area contributed by atoms with Gasteiger partial charge in [0.25, 0.3) is 5.91 Å². The van der Waals surface area contributed by atoms with Gasteiger partial charge in [0, 0.05) is 28.4 Å². The molecule has 29 heavy (non-hydrogen) atoms. The number of aryl methyl sites for hydroxylation is 2. The summed E-state index contributed by atoms with van der Waals surface area (Å²) < 4.78 is 0. The van der Waals surface area contributed by atoms with Gasteiger partial charge in [-0.05, 0) is 55.9 Å². The van der Waals surface area contributed by atoms with Crippen molar-refractivity contribution in [3.63, 3.8) is 0 Å². The zero-order valence-electron chi connectivity index (χ0n) is 17.0. The van der Waals surface area contributed by atoms with Gasteiger partial charge < -0.3 is 10.6 Å². The van der Waals surface area contributed by atoms with Crippen molar-refractivity contribution in [3.8, 4) is 0 Å². The van der Waals surface area contributed by atoms with Crippen molar-refractivity contribution in [1.29, 1.82) is 0 Å². The van der Waals surface area contributed by atoms with Crippen molar-refractivity contribution in [2.24, 2.45) is 5.92 Å². The number of fused-ring (bicyclic) bond motifs is 1. The van der Waals surface area contributed by atoms with Crippen molar-refractivity contribution in [3.05, 3.63) is 50.4 Å². The molecule has 2 aromatic rings. The van der Waals surface area contributed by atoms with Gasteiger partial charge in [0.2, 0.25) is 5.91 Å². The molecular formula is C22H28ClN3O2S. The number of hydrogen-bond donors (Lipinski definition) is 2. The molecule has 2 atom stereocenters. The molecule has 1 aromatic carbocycles. The van der Waals surface area contributed by atoms with E-state index in [2.05, 4.69) is 10.6 Å². The summed E-state index contributed by atoms with van der Waals surface area (Å²) in [5.74, 6) is -0.392. The summed E-state index contributed by atoms with van der Waals surface area (Å²) in [5, 5.41) is 7.53. The number of carbonyl (C=O) groups is 2. The van der Waals surface area contributed by atoms with Gasteiger partial charge in [-0.3, -0.25) is 9.59 Å². The van der Waals surface area contributed by atoms with E-state index in [0.717, 1.165) is 30.7 Å². The number of hydrogen-bond acceptors (Lipinski definition) is 4. The Morgan fingerprint density at radius 1 is 1.21 bits per heavy atom. The highest BCUT2D eigenvalue weighted by molar-refractivity contribution is 7.11. The number of amides is 2. The fourth-order valence-electron chi connectivity index (χ4n) is 3.44. The normalized spacial score (nSPS) is 15.3. The summed E-state index contributed by atoms with van der Waals surface area (Å²) in [5.41, 5.74) is 1.74. The summed E-state index contributed by atoms with van der Waals surface area (Å²) >= 11 is 7.66. The standard InChI is InChI=1S/C22H28ClN3O2S/c1-3-14(2)20(26-21(27)15-8-10-16(23)11-9-15)22(28)24-13-12-19-25-17-6-4-5-7-18(17)29-19/h8-11,14,20H,3-7,12-13H2,1-2H3,(H,24,28)(H,26,27). The van der Waals surface area contributed by atoms with Crippen molar-refractivity contribution in [2.75, 3.05) is 6.54 Å². The minimum Gasteiger partial charge on any atom is -0.354 e. The van der Waals surface area contributed by atoms with E-state index in [1.54, 1.807) is 35.6 Å². The van der Waals surface area contributed by atoms with Gasteiger partial charge in [-0.25, -0.2) is 4.98 Å². The Hall–Kier alpha value is -1.92. The highest BCUT2D eigenvalue weighted by Gasteiger charge is 2.26. The van der Waals surface area contributed by atoms with E-state index >= 15 is 0 Å². The van der Waals surface area contributed by atoms with Gasteiger partial charge in [-0.1, -0.05) is 31.9 Å². The molecule has 2 N–H and O–H groups in total. The SMILES string of the molecule is CCC(C)C(NC(=O)c1ccc(Cl)cc1)C(=O)NCCc1nc2c(s1)CCCC2. The number of rotatable bonds is 8. The highest BCUT2D eigenvalue weighted by atomic mass is 35.5. The first kappa shape index (κ1) is 21.8. The minimum atomic E-state index is -0.576. The smallest absolute Gasteiger partial charge is 0.251 e. The molecule has 2 amide bonds. The number of nitrogens with zero attached hydrogens (tertiary/aromatic N) is 1. The summed E-state index contributed by atoms with van der Waals surface area (Å²) in [7, 11) is 0. The monoisotopic (exact) mass is 433 g/mol. The second kappa shape index (κ2) is 10.2. The van der Waals surface area contributed by atoms with Crippen LogP contribution in [0.1, 0.15) is 59.0 Å². The quantitative estimate of drug-likeness (QED) is 0.656. The van der Waals surface area contributed by atoms with E-state index in [4.69, 9.17) is 16.6 Å². The maximum absolute atomic E-state index is 12.8. The molecule has 7 heteroatoms. The molecule has 0 bridgehead atoms. The lowest BCUT2D eigenvalue weighted by Gasteiger charge is -2.23. The van der Waals surface area contributed by atoms with Crippen LogP contribution in [0.15, 0.2) is 24.3 Å². The molecular weight excluding hydrogens is 406 g/mol. The van der Waals surface area contributed by atoms with Gasteiger partial charge in [-0.2, -0.15) is 0 Å². The number of benzene rings is 1. The van der Waals surface area contributed by atoms with E-state index in [1.165, 1.54) is 23.4 Å². The first-order chi connectivity index (χ1) is 14.0. The lowest BCUT2D eigenvalue weighted by molar-refractivity contribution is -0.124. The topological polar surface area (TPSA) is 71.1 Å². The molecule has 1 heterocycles. The Kier molecular flexibility index (Phi) is 7.67. The maximum atomic E-state index is 12.8. The zero-order chi connectivity index (χ0) is 20.8. The average molecular weight is 434 g/mol. The van der Waals surface area contributed by atoms with Crippen LogP contribution in [0.4, 0.5) is 0 Å². The fraction of sp³-hybridized carbons (Fsp3) is 0.500. The molecule has 5 nitrogen and oxygen atoms in total. The van der Waals surface area contributed by atoms with E-state index in [-0.39, 0.29) is 17.7 Å². The Balaban J connectivity index is 1.56. The Morgan fingerprint density at radius 2 is 1.93 bits per heavy atom. The van der Waals surface area contributed by atoms with Crippen LogP contribution in [0.3, 0.4) is 0 Å². The van der Waals surface area contributed by atoms with Crippen LogP contribution in [-0.4, -0.2) is 29.4 Å². The van der Waals surface area contributed by atoms with Gasteiger partial charge in [0.1, 0.15) is 6.04 Å². The van der Waals surface area contributed by atoms with E-state index in [9.17, 15) is 9.59 Å². The van der Waals surface area contributed by atoms with Gasteiger partial charge >= 0.3 is 0 Å². The summed E-state index contributed by atoms with van der Waals surface area (Å²) in [6.07, 6.45) is 6.18. The molecule has 0 radical (unpaired) electrons. The second-order valence-corrected chi connectivity index (χ2v) is 9.17. The number of nitrogens with one attached hydrogen (secondary N) is 2. The zero-order valence-corrected chi connectivity index (χ0v) is 18.5. The van der Waals surface area contributed by atoms with Crippen LogP contribution >= 0.6 is 22.9 Å². The molecule has 2 unspecified atom stereocenters. The average Bonchev–Trinajstić information content (AvgIpc) is 3.14. The van der Waals surface area contributed by atoms with Crippen LogP contribution in [0.5, 0.6) is 0 Å². The largest absolute Gasteiger partial charge is 0.354 e. The molecule has 3 rings (SSSR count). The van der Waals surface area contributed by atoms with Gasteiger partial charge in [0.05, 0.1) is 10.7 Å². The van der Waals surface area contributed by atoms with Crippen LogP contribution in [0.2, 0.25) is 5.02 Å². The molecule has 0 saturated heterocycles. The predicted molar refractivity (Wildman–Crippen MR) is 118 cm³/mol. The van der Waals surface area contributed by atoms with Gasteiger partial charge in [0.15, 0.2) is 0 Å². The lowest BCUT2D eigenvalue weighted by atomic mass is 9.98. The number of aromatic nitrogens is 1. The first-order valence-corrected chi connectivity index (χ1v) is 11.5. The third-order valence-electron chi connectivity index (χ3n) is 5.42. The van der Waals surface area contributed by atoms with Crippen LogP contribution in [0, 0.1) is 5.92 Å². The molecule has 0 saturated carbocycles. The van der Waals surface area contributed by atoms with E-state index in [0.29, 0.717) is 17.1 Å². The van der Waals surface area contributed by atoms with Crippen LogP contribution in [0.25, 0.3) is 0 Å². The third kappa shape index (κ3) is 5.80. The van der Waals surface area contributed by atoms with Crippen molar-refractivity contribution >= 4 is 34.8 Å². The predicted octanol–water partition coefficient (Wildman–Crippen LogP) is 4.18. The summed E-state index contributed by atoms with van der Waals surface area (Å²) in [6, 6.07) is 6.08. The molecule has 0 spiro atoms. The molecule has 1 aliphatic carbocycles. The van der Waals surface area contributed by atoms with E-state index in [1.807, 2.05) is 13.8 Å². The van der Waals surface area contributed by atoms with E-state index < -0.39 is 6.04 Å². The first-order valence-electron chi connectivity index (χ1n) is 10.3.